The van der Waals surface area contributed by atoms with Gasteiger partial charge in [-0.15, -0.1) is 0 Å². The zero-order chi connectivity index (χ0) is 9.14. The molecule has 2 nitrogen and oxygen atoms in total. The van der Waals surface area contributed by atoms with Crippen molar-refractivity contribution in [3.8, 4) is 11.5 Å². The summed E-state index contributed by atoms with van der Waals surface area (Å²) in [4.78, 5) is 0. The topological polar surface area (TPSA) is 18.5 Å². The van der Waals surface area contributed by atoms with E-state index in [1.807, 2.05) is 13.0 Å². The molecular weight excluding hydrogens is 151 g/mol. The van der Waals surface area contributed by atoms with Crippen LogP contribution in [0.5, 0.6) is 11.5 Å². The van der Waals surface area contributed by atoms with Crippen molar-refractivity contribution in [1.82, 2.24) is 0 Å². The van der Waals surface area contributed by atoms with E-state index in [4.69, 9.17) is 17.3 Å². The molecule has 3 heteroatoms. The van der Waals surface area contributed by atoms with Crippen LogP contribution in [-0.2, 0) is 0 Å². The molecule has 0 aromatic heterocycles. The Labute approximate surface area is 73.9 Å². The van der Waals surface area contributed by atoms with Gasteiger partial charge in [0, 0.05) is 6.07 Å². The number of benzene rings is 1. The molecule has 1 aromatic carbocycles. The summed E-state index contributed by atoms with van der Waals surface area (Å²) >= 11 is 0. The molecule has 0 heterocycles. The molecule has 0 amide bonds. The Morgan fingerprint density at radius 2 is 1.67 bits per heavy atom. The minimum atomic E-state index is 0.635. The van der Waals surface area contributed by atoms with Crippen LogP contribution in [0.1, 0.15) is 5.56 Å². The average molecular weight is 162 g/mol. The smallest absolute Gasteiger partial charge is 0.125 e. The highest BCUT2D eigenvalue weighted by Gasteiger charge is 2.03. The Morgan fingerprint density at radius 1 is 1.08 bits per heavy atom. The molecule has 62 valence electrons. The maximum absolute atomic E-state index is 5.67. The Balaban J connectivity index is 3.18. The van der Waals surface area contributed by atoms with Gasteiger partial charge in [0.05, 0.1) is 14.2 Å². The van der Waals surface area contributed by atoms with Crippen LogP contribution in [0.2, 0.25) is 0 Å². The molecule has 0 unspecified atom stereocenters. The summed E-state index contributed by atoms with van der Waals surface area (Å²) in [5.74, 6) is 1.44. The SMILES string of the molecule is [B]c1cc(C)c(OC)cc1OC. The third-order valence-electron chi connectivity index (χ3n) is 1.75. The van der Waals surface area contributed by atoms with E-state index >= 15 is 0 Å². The van der Waals surface area contributed by atoms with E-state index < -0.39 is 0 Å². The van der Waals surface area contributed by atoms with Gasteiger partial charge in [-0.1, -0.05) is 11.5 Å². The highest BCUT2D eigenvalue weighted by molar-refractivity contribution is 6.34. The lowest BCUT2D eigenvalue weighted by Crippen LogP contribution is -2.08. The standard InChI is InChI=1S/C9H11BO2/c1-6-4-7(10)9(12-3)5-8(6)11-2/h4-5H,1-3H3. The first-order valence-electron chi connectivity index (χ1n) is 3.67. The van der Waals surface area contributed by atoms with Gasteiger partial charge in [-0.2, -0.15) is 0 Å². The molecule has 0 bridgehead atoms. The van der Waals surface area contributed by atoms with Gasteiger partial charge in [-0.05, 0) is 12.5 Å². The second-order valence-corrected chi connectivity index (χ2v) is 2.56. The van der Waals surface area contributed by atoms with Crippen molar-refractivity contribution in [2.45, 2.75) is 6.92 Å². The molecule has 0 aliphatic carbocycles. The lowest BCUT2D eigenvalue weighted by atomic mass is 9.93. The molecular formula is C9H11BO2. The van der Waals surface area contributed by atoms with Gasteiger partial charge in [-0.3, -0.25) is 0 Å². The first-order valence-corrected chi connectivity index (χ1v) is 3.67. The minimum Gasteiger partial charge on any atom is -0.497 e. The van der Waals surface area contributed by atoms with E-state index in [0.717, 1.165) is 11.3 Å². The Hall–Kier alpha value is -1.12. The zero-order valence-corrected chi connectivity index (χ0v) is 7.55. The quantitative estimate of drug-likeness (QED) is 0.599. The van der Waals surface area contributed by atoms with E-state index in [-0.39, 0.29) is 0 Å². The molecule has 0 N–H and O–H groups in total. The maximum Gasteiger partial charge on any atom is 0.125 e. The molecule has 0 saturated heterocycles. The van der Waals surface area contributed by atoms with E-state index in [1.165, 1.54) is 0 Å². The van der Waals surface area contributed by atoms with Crippen LogP contribution in [-0.4, -0.2) is 22.1 Å². The highest BCUT2D eigenvalue weighted by atomic mass is 16.5. The van der Waals surface area contributed by atoms with E-state index in [1.54, 1.807) is 20.3 Å². The van der Waals surface area contributed by atoms with Crippen LogP contribution in [0.15, 0.2) is 12.1 Å². The summed E-state index contributed by atoms with van der Waals surface area (Å²) < 4.78 is 10.1. The second-order valence-electron chi connectivity index (χ2n) is 2.56. The predicted molar refractivity (Wildman–Crippen MR) is 49.7 cm³/mol. The van der Waals surface area contributed by atoms with Crippen LogP contribution >= 0.6 is 0 Å². The number of aryl methyl sites for hydroxylation is 1. The van der Waals surface area contributed by atoms with Gasteiger partial charge in [-0.25, -0.2) is 0 Å². The molecule has 12 heavy (non-hydrogen) atoms. The van der Waals surface area contributed by atoms with Gasteiger partial charge >= 0.3 is 0 Å². The average Bonchev–Trinajstić information content (AvgIpc) is 2.05. The summed E-state index contributed by atoms with van der Waals surface area (Å²) in [6.07, 6.45) is 0. The normalized spacial score (nSPS) is 9.58. The van der Waals surface area contributed by atoms with Gasteiger partial charge in [0.25, 0.3) is 0 Å². The number of methoxy groups -OCH3 is 2. The first kappa shape index (κ1) is 8.98. The third kappa shape index (κ3) is 1.55. The summed E-state index contributed by atoms with van der Waals surface area (Å²) in [5.41, 5.74) is 1.65. The summed E-state index contributed by atoms with van der Waals surface area (Å²) in [6, 6.07) is 3.61. The zero-order valence-electron chi connectivity index (χ0n) is 7.55. The van der Waals surface area contributed by atoms with Crippen molar-refractivity contribution in [3.63, 3.8) is 0 Å². The molecule has 0 fully saturated rings. The van der Waals surface area contributed by atoms with Gasteiger partial charge in [0.15, 0.2) is 0 Å². The van der Waals surface area contributed by atoms with E-state index in [0.29, 0.717) is 11.2 Å². The molecule has 0 saturated carbocycles. The lowest BCUT2D eigenvalue weighted by molar-refractivity contribution is 0.394. The summed E-state index contributed by atoms with van der Waals surface area (Å²) in [7, 11) is 8.88. The minimum absolute atomic E-state index is 0.635. The van der Waals surface area contributed by atoms with Crippen molar-refractivity contribution < 1.29 is 9.47 Å². The van der Waals surface area contributed by atoms with Crippen molar-refractivity contribution in [3.05, 3.63) is 17.7 Å². The van der Waals surface area contributed by atoms with E-state index in [2.05, 4.69) is 0 Å². The van der Waals surface area contributed by atoms with Gasteiger partial charge in [0.2, 0.25) is 0 Å². The number of hydrogen-bond donors (Lipinski definition) is 0. The maximum atomic E-state index is 5.67. The second kappa shape index (κ2) is 3.52. The molecule has 0 atom stereocenters. The van der Waals surface area contributed by atoms with Crippen molar-refractivity contribution >= 4 is 13.3 Å². The molecule has 0 aliphatic heterocycles. The van der Waals surface area contributed by atoms with Crippen LogP contribution in [0.4, 0.5) is 0 Å². The van der Waals surface area contributed by atoms with Crippen LogP contribution in [0, 0.1) is 6.92 Å². The predicted octanol–water partition coefficient (Wildman–Crippen LogP) is 0.806. The third-order valence-corrected chi connectivity index (χ3v) is 1.75. The molecule has 0 aliphatic rings. The molecule has 1 rings (SSSR count). The fourth-order valence-electron chi connectivity index (χ4n) is 1.09. The van der Waals surface area contributed by atoms with Crippen LogP contribution in [0.3, 0.4) is 0 Å². The Bertz CT molecular complexity index is 259. The highest BCUT2D eigenvalue weighted by Crippen LogP contribution is 2.21. The first-order chi connectivity index (χ1) is 5.69. The Morgan fingerprint density at radius 3 is 2.17 bits per heavy atom. The molecule has 1 aromatic rings. The summed E-state index contributed by atoms with van der Waals surface area (Å²) in [6.45, 7) is 1.94. The molecule has 2 radical (unpaired) electrons. The largest absolute Gasteiger partial charge is 0.497 e. The van der Waals surface area contributed by atoms with Crippen LogP contribution in [0.25, 0.3) is 0 Å². The Kier molecular flexibility index (Phi) is 2.63. The van der Waals surface area contributed by atoms with Crippen molar-refractivity contribution in [2.75, 3.05) is 14.2 Å². The fourth-order valence-corrected chi connectivity index (χ4v) is 1.09. The summed E-state index contributed by atoms with van der Waals surface area (Å²) in [5, 5.41) is 0. The number of ether oxygens (including phenoxy) is 2. The van der Waals surface area contributed by atoms with Gasteiger partial charge < -0.3 is 9.47 Å². The number of rotatable bonds is 2. The van der Waals surface area contributed by atoms with Gasteiger partial charge in [0.1, 0.15) is 19.3 Å². The van der Waals surface area contributed by atoms with E-state index in [9.17, 15) is 0 Å². The molecule has 0 spiro atoms. The van der Waals surface area contributed by atoms with Crippen molar-refractivity contribution in [2.24, 2.45) is 0 Å². The lowest BCUT2D eigenvalue weighted by Gasteiger charge is -2.09. The monoisotopic (exact) mass is 162 g/mol. The van der Waals surface area contributed by atoms with Crippen LogP contribution < -0.4 is 14.9 Å². The fraction of sp³-hybridized carbons (Fsp3) is 0.333. The number of hydrogen-bond acceptors (Lipinski definition) is 2. The van der Waals surface area contributed by atoms with Crippen molar-refractivity contribution in [1.29, 1.82) is 0 Å².